The molecular formula is C38H34N2O10S. The van der Waals surface area contributed by atoms with E-state index in [1.54, 1.807) is 54.6 Å². The van der Waals surface area contributed by atoms with Gasteiger partial charge in [-0.1, -0.05) is 37.4 Å². The van der Waals surface area contributed by atoms with Gasteiger partial charge in [-0.3, -0.25) is 4.79 Å². The van der Waals surface area contributed by atoms with Crippen LogP contribution in [0.3, 0.4) is 0 Å². The van der Waals surface area contributed by atoms with Crippen molar-refractivity contribution in [3.63, 3.8) is 0 Å². The number of hydrogen-bond acceptors (Lipinski definition) is 13. The van der Waals surface area contributed by atoms with Crippen LogP contribution in [0.4, 0.5) is 0 Å². The van der Waals surface area contributed by atoms with Crippen LogP contribution in [0.2, 0.25) is 0 Å². The fraction of sp³-hybridized carbons (Fsp3) is 0.211. The van der Waals surface area contributed by atoms with Crippen molar-refractivity contribution in [3.8, 4) is 29.6 Å². The molecule has 262 valence electrons. The number of carbonyl (C=O) groups is 4. The summed E-state index contributed by atoms with van der Waals surface area (Å²) >= 11 is 0.633. The van der Waals surface area contributed by atoms with Crippen molar-refractivity contribution < 1.29 is 47.3 Å². The van der Waals surface area contributed by atoms with Gasteiger partial charge in [0.1, 0.15) is 34.8 Å². The van der Waals surface area contributed by atoms with Gasteiger partial charge < -0.3 is 28.1 Å². The van der Waals surface area contributed by atoms with Gasteiger partial charge in [0.05, 0.1) is 26.4 Å². The number of ether oxygens (including phenoxy) is 5. The molecule has 0 aliphatic rings. The third-order valence-electron chi connectivity index (χ3n) is 6.44. The van der Waals surface area contributed by atoms with Crippen molar-refractivity contribution in [2.24, 2.45) is 0 Å². The molecule has 0 unspecified atom stereocenters. The van der Waals surface area contributed by atoms with Crippen LogP contribution in [0.25, 0.3) is 12.2 Å². The molecule has 1 heterocycles. The lowest BCUT2D eigenvalue weighted by Gasteiger charge is -2.07. The first-order chi connectivity index (χ1) is 24.7. The molecule has 12 nitrogen and oxygen atoms in total. The number of nitrogens with zero attached hydrogens (tertiary/aromatic N) is 2. The highest BCUT2D eigenvalue weighted by Gasteiger charge is 2.18. The Balaban J connectivity index is 1.47. The molecule has 3 rings (SSSR count). The number of hydrogen-bond donors (Lipinski definition) is 0. The lowest BCUT2D eigenvalue weighted by molar-refractivity contribution is -0.138. The number of benzene rings is 2. The first-order valence-corrected chi connectivity index (χ1v) is 16.4. The SMILES string of the molecule is C=CC(=O)OCCCCOc1ccc(/C=C(\C#N)C(=O)Oc2ccc(SC(=O)/C(C#N)=C/c3ccc(OCCCCOC(=O)C=C)cc3)o2)cc1. The highest BCUT2D eigenvalue weighted by Crippen LogP contribution is 2.29. The first kappa shape index (κ1) is 39.1. The summed E-state index contributed by atoms with van der Waals surface area (Å²) in [6.45, 7) is 8.05. The standard InChI is InChI=1S/C38H34N2O10S/c1-3-33(41)47-21-7-5-19-45-31-13-9-27(10-14-31)23-29(25-39)37(43)50-35-17-18-36(49-35)51-38(44)30(26-40)24-28-11-15-32(16-12-28)46-20-6-8-22-48-34(42)4-2/h3-4,9-18,23-24H,1-2,5-8,19-22H2/b29-23+,30-24+. The van der Waals surface area contributed by atoms with E-state index in [0.29, 0.717) is 73.3 Å². The van der Waals surface area contributed by atoms with Gasteiger partial charge in [0, 0.05) is 18.2 Å². The van der Waals surface area contributed by atoms with E-state index in [1.807, 2.05) is 6.07 Å². The number of carbonyl (C=O) groups excluding carboxylic acids is 4. The average Bonchev–Trinajstić information content (AvgIpc) is 3.59. The number of thioether (sulfide) groups is 1. The van der Waals surface area contributed by atoms with Crippen LogP contribution in [-0.2, 0) is 28.7 Å². The monoisotopic (exact) mass is 710 g/mol. The quantitative estimate of drug-likeness (QED) is 0.0394. The minimum absolute atomic E-state index is 0.0720. The molecule has 0 bridgehead atoms. The summed E-state index contributed by atoms with van der Waals surface area (Å²) in [6.07, 6.45) is 7.59. The summed E-state index contributed by atoms with van der Waals surface area (Å²) in [5.41, 5.74) is 0.705. The summed E-state index contributed by atoms with van der Waals surface area (Å²) in [4.78, 5) is 47.5. The number of unbranched alkanes of at least 4 members (excludes halogenated alkanes) is 2. The minimum atomic E-state index is -0.966. The second-order valence-electron chi connectivity index (χ2n) is 10.2. The van der Waals surface area contributed by atoms with E-state index in [2.05, 4.69) is 13.2 Å². The number of esters is 3. The minimum Gasteiger partial charge on any atom is -0.494 e. The molecule has 1 aromatic heterocycles. The highest BCUT2D eigenvalue weighted by atomic mass is 32.2. The lowest BCUT2D eigenvalue weighted by atomic mass is 10.1. The van der Waals surface area contributed by atoms with Gasteiger partial charge in [-0.15, -0.1) is 0 Å². The van der Waals surface area contributed by atoms with E-state index < -0.39 is 23.0 Å². The summed E-state index contributed by atoms with van der Waals surface area (Å²) in [6, 6.07) is 19.9. The average molecular weight is 711 g/mol. The van der Waals surface area contributed by atoms with Crippen LogP contribution in [0.1, 0.15) is 36.8 Å². The molecule has 0 spiro atoms. The number of furan rings is 1. The normalized spacial score (nSPS) is 10.9. The molecule has 13 heteroatoms. The highest BCUT2D eigenvalue weighted by molar-refractivity contribution is 8.14. The van der Waals surface area contributed by atoms with E-state index >= 15 is 0 Å². The van der Waals surface area contributed by atoms with Gasteiger partial charge in [-0.2, -0.15) is 10.5 Å². The van der Waals surface area contributed by atoms with E-state index in [1.165, 1.54) is 24.3 Å². The van der Waals surface area contributed by atoms with Crippen LogP contribution in [0, 0.1) is 22.7 Å². The van der Waals surface area contributed by atoms with Crippen LogP contribution in [-0.4, -0.2) is 49.5 Å². The molecule has 3 aromatic rings. The van der Waals surface area contributed by atoms with Gasteiger partial charge in [-0.05, 0) is 91.1 Å². The zero-order chi connectivity index (χ0) is 36.8. The smallest absolute Gasteiger partial charge is 0.356 e. The third kappa shape index (κ3) is 14.4. The Morgan fingerprint density at radius 1 is 0.667 bits per heavy atom. The predicted molar refractivity (Wildman–Crippen MR) is 187 cm³/mol. The maximum atomic E-state index is 12.8. The molecule has 0 radical (unpaired) electrons. The zero-order valence-corrected chi connectivity index (χ0v) is 28.4. The molecule has 0 fully saturated rings. The fourth-order valence-corrected chi connectivity index (χ4v) is 4.54. The van der Waals surface area contributed by atoms with Crippen LogP contribution >= 0.6 is 11.8 Å². The molecule has 0 atom stereocenters. The maximum absolute atomic E-state index is 12.8. The van der Waals surface area contributed by atoms with Crippen molar-refractivity contribution in [1.82, 2.24) is 0 Å². The first-order valence-electron chi connectivity index (χ1n) is 15.6. The molecule has 0 saturated carbocycles. The van der Waals surface area contributed by atoms with Crippen molar-refractivity contribution in [1.29, 1.82) is 10.5 Å². The Bertz CT molecular complexity index is 1700. The van der Waals surface area contributed by atoms with E-state index in [9.17, 15) is 29.7 Å². The summed E-state index contributed by atoms with van der Waals surface area (Å²) in [5.74, 6) is -0.965. The lowest BCUT2D eigenvalue weighted by Crippen LogP contribution is -2.09. The topological polar surface area (TPSA) is 175 Å². The summed E-state index contributed by atoms with van der Waals surface area (Å²) < 4.78 is 31.8. The Morgan fingerprint density at radius 3 is 1.61 bits per heavy atom. The van der Waals surface area contributed by atoms with Crippen molar-refractivity contribution in [2.45, 2.75) is 30.8 Å². The molecular weight excluding hydrogens is 676 g/mol. The Kier molecular flexibility index (Phi) is 16.6. The van der Waals surface area contributed by atoms with Crippen molar-refractivity contribution >= 4 is 46.9 Å². The Labute approximate surface area is 299 Å². The van der Waals surface area contributed by atoms with Gasteiger partial charge in [0.2, 0.25) is 5.12 Å². The second-order valence-corrected chi connectivity index (χ2v) is 11.2. The Morgan fingerprint density at radius 2 is 1.14 bits per heavy atom. The molecule has 0 aliphatic heterocycles. The molecule has 0 N–H and O–H groups in total. The van der Waals surface area contributed by atoms with Gasteiger partial charge in [0.15, 0.2) is 5.09 Å². The van der Waals surface area contributed by atoms with Crippen LogP contribution in [0.5, 0.6) is 17.4 Å². The van der Waals surface area contributed by atoms with E-state index in [4.69, 9.17) is 28.1 Å². The van der Waals surface area contributed by atoms with Crippen LogP contribution < -0.4 is 14.2 Å². The van der Waals surface area contributed by atoms with Gasteiger partial charge in [-0.25, -0.2) is 14.4 Å². The Hall–Kier alpha value is -6.31. The molecule has 0 aliphatic carbocycles. The van der Waals surface area contributed by atoms with Crippen molar-refractivity contribution in [2.75, 3.05) is 26.4 Å². The van der Waals surface area contributed by atoms with E-state index in [0.717, 1.165) is 12.2 Å². The van der Waals surface area contributed by atoms with Crippen molar-refractivity contribution in [3.05, 3.63) is 108 Å². The molecule has 0 saturated heterocycles. The van der Waals surface area contributed by atoms with Crippen LogP contribution in [0.15, 0.2) is 107 Å². The molecule has 0 amide bonds. The molecule has 51 heavy (non-hydrogen) atoms. The van der Waals surface area contributed by atoms with E-state index in [-0.39, 0.29) is 35.4 Å². The fourth-order valence-electron chi connectivity index (χ4n) is 3.88. The van der Waals surface area contributed by atoms with Gasteiger partial charge in [0.25, 0.3) is 5.95 Å². The second kappa shape index (κ2) is 21.6. The molecule has 2 aromatic carbocycles. The predicted octanol–water partition coefficient (Wildman–Crippen LogP) is 6.79. The summed E-state index contributed by atoms with van der Waals surface area (Å²) in [7, 11) is 0. The summed E-state index contributed by atoms with van der Waals surface area (Å²) in [5, 5.41) is 18.6. The zero-order valence-electron chi connectivity index (χ0n) is 27.5. The largest absolute Gasteiger partial charge is 0.494 e. The number of rotatable bonds is 20. The van der Waals surface area contributed by atoms with Gasteiger partial charge >= 0.3 is 17.9 Å². The number of nitriles is 2. The maximum Gasteiger partial charge on any atom is 0.356 e. The third-order valence-corrected chi connectivity index (χ3v) is 7.27.